The zero-order valence-corrected chi connectivity index (χ0v) is 24.6. The minimum atomic E-state index is -2.88. The fraction of sp³-hybridized carbons (Fsp3) is 0.143. The zero-order chi connectivity index (χ0) is 27.0. The molecule has 1 aliphatic rings. The number of rotatable bonds is 9. The summed E-state index contributed by atoms with van der Waals surface area (Å²) in [5.41, 5.74) is 2.65. The molecule has 0 N–H and O–H groups in total. The van der Waals surface area contributed by atoms with Crippen molar-refractivity contribution in [1.82, 2.24) is 9.34 Å². The van der Waals surface area contributed by atoms with Crippen LogP contribution in [0.15, 0.2) is 152 Å². The van der Waals surface area contributed by atoms with E-state index in [1.54, 1.807) is 0 Å². The van der Waals surface area contributed by atoms with Gasteiger partial charge < -0.3 is 4.21 Å². The summed E-state index contributed by atoms with van der Waals surface area (Å²) in [6.45, 7) is 3.80. The molecule has 0 aromatic heterocycles. The maximum atomic E-state index is 7.86. The van der Waals surface area contributed by atoms with Crippen LogP contribution in [0.4, 0.5) is 0 Å². The van der Waals surface area contributed by atoms with E-state index in [2.05, 4.69) is 161 Å². The van der Waals surface area contributed by atoms with Gasteiger partial charge in [0.2, 0.25) is 0 Å². The lowest BCUT2D eigenvalue weighted by atomic mass is 10.2. The predicted molar refractivity (Wildman–Crippen MR) is 170 cm³/mol. The van der Waals surface area contributed by atoms with Gasteiger partial charge in [-0.15, -0.1) is 0 Å². The second-order valence-corrected chi connectivity index (χ2v) is 15.7. The average molecular weight is 559 g/mol. The molecule has 0 spiro atoms. The van der Waals surface area contributed by atoms with Crippen LogP contribution in [0.3, 0.4) is 0 Å². The second kappa shape index (κ2) is 12.9. The van der Waals surface area contributed by atoms with Crippen molar-refractivity contribution in [3.8, 4) is 0 Å². The molecule has 5 aromatic carbocycles. The molecule has 0 amide bonds. The van der Waals surface area contributed by atoms with Gasteiger partial charge in [0.25, 0.3) is 8.32 Å². The highest BCUT2D eigenvalue weighted by molar-refractivity contribution is 7.50. The van der Waals surface area contributed by atoms with Crippen molar-refractivity contribution in [2.24, 2.45) is 0 Å². The fourth-order valence-corrected chi connectivity index (χ4v) is 13.3. The van der Waals surface area contributed by atoms with Crippen LogP contribution >= 0.6 is 8.45 Å². The molecule has 3 nitrogen and oxygen atoms in total. The molecule has 0 atom stereocenters. The van der Waals surface area contributed by atoms with E-state index in [0.717, 1.165) is 32.6 Å². The van der Waals surface area contributed by atoms with Gasteiger partial charge >= 0.3 is 0 Å². The summed E-state index contributed by atoms with van der Waals surface area (Å²) in [5.74, 6) is 0. The Labute approximate surface area is 240 Å². The van der Waals surface area contributed by atoms with Crippen LogP contribution < -0.4 is 15.6 Å². The maximum absolute atomic E-state index is 7.86. The van der Waals surface area contributed by atoms with Gasteiger partial charge in [-0.25, -0.2) is 9.34 Å². The van der Waals surface area contributed by atoms with Crippen molar-refractivity contribution in [3.63, 3.8) is 0 Å². The van der Waals surface area contributed by atoms with E-state index in [1.165, 1.54) is 26.7 Å². The van der Waals surface area contributed by atoms with E-state index in [-0.39, 0.29) is 0 Å². The van der Waals surface area contributed by atoms with Crippen molar-refractivity contribution < 1.29 is 4.21 Å². The largest absolute Gasteiger partial charge is 0.358 e. The Morgan fingerprint density at radius 2 is 0.800 bits per heavy atom. The topological polar surface area (TPSA) is 15.7 Å². The third-order valence-electron chi connectivity index (χ3n) is 7.49. The molecule has 0 bridgehead atoms. The highest BCUT2D eigenvalue weighted by Crippen LogP contribution is 2.51. The summed E-state index contributed by atoms with van der Waals surface area (Å²) in [6, 6.07) is 54.6. The van der Waals surface area contributed by atoms with Gasteiger partial charge in [-0.05, 0) is 33.1 Å². The van der Waals surface area contributed by atoms with Crippen LogP contribution in [-0.4, -0.2) is 30.7 Å². The molecule has 5 aromatic rings. The van der Waals surface area contributed by atoms with Crippen LogP contribution in [0, 0.1) is 0 Å². The summed E-state index contributed by atoms with van der Waals surface area (Å²) in [6.07, 6.45) is 1.12. The summed E-state index contributed by atoms with van der Waals surface area (Å²) >= 11 is 0. The van der Waals surface area contributed by atoms with Crippen LogP contribution in [0.1, 0.15) is 17.5 Å². The first-order valence-corrected chi connectivity index (χ1v) is 17.1. The Morgan fingerprint density at radius 3 is 1.15 bits per heavy atom. The van der Waals surface area contributed by atoms with E-state index in [9.17, 15) is 0 Å². The lowest BCUT2D eigenvalue weighted by Crippen LogP contribution is -2.69. The third kappa shape index (κ3) is 5.88. The SMILES string of the molecule is c1ccc(CN2CCCN(Cc3ccccc3)P2O[Si](c2ccccc2)(c2ccccc2)c2ccccc2)cc1. The molecule has 1 aliphatic heterocycles. The Kier molecular flexibility index (Phi) is 8.63. The minimum absolute atomic E-state index is 0.876. The highest BCUT2D eigenvalue weighted by atomic mass is 31.2. The molecule has 40 heavy (non-hydrogen) atoms. The standard InChI is InChI=1S/C35H35N2OPSi/c1-6-17-31(18-7-1)29-36-27-16-28-37(30-32-19-8-2-9-20-32)39(36)38-40(33-21-10-3-11-22-33,34-23-12-4-13-24-34)35-25-14-5-15-26-35/h1-15,17-26H,16,27-30H2. The fourth-order valence-electron chi connectivity index (χ4n) is 5.57. The summed E-state index contributed by atoms with van der Waals surface area (Å²) in [7, 11) is -3.96. The molecule has 0 saturated carbocycles. The molecule has 0 aliphatic carbocycles. The number of benzene rings is 5. The summed E-state index contributed by atoms with van der Waals surface area (Å²) in [5, 5.41) is 3.83. The lowest BCUT2D eigenvalue weighted by molar-refractivity contribution is 0.270. The minimum Gasteiger partial charge on any atom is -0.358 e. The van der Waals surface area contributed by atoms with Gasteiger partial charge in [-0.3, -0.25) is 0 Å². The normalized spacial score (nSPS) is 15.2. The van der Waals surface area contributed by atoms with Gasteiger partial charge in [0.05, 0.1) is 0 Å². The maximum Gasteiger partial charge on any atom is 0.295 e. The summed E-state index contributed by atoms with van der Waals surface area (Å²) < 4.78 is 13.1. The summed E-state index contributed by atoms with van der Waals surface area (Å²) in [4.78, 5) is 0. The number of nitrogens with zero attached hydrogens (tertiary/aromatic N) is 2. The van der Waals surface area contributed by atoms with Crippen LogP contribution in [0.25, 0.3) is 0 Å². The van der Waals surface area contributed by atoms with E-state index in [0.29, 0.717) is 0 Å². The van der Waals surface area contributed by atoms with Gasteiger partial charge in [0, 0.05) is 26.2 Å². The molecular weight excluding hydrogens is 523 g/mol. The van der Waals surface area contributed by atoms with Crippen molar-refractivity contribution in [2.75, 3.05) is 13.1 Å². The molecule has 1 fully saturated rings. The van der Waals surface area contributed by atoms with Crippen molar-refractivity contribution >= 4 is 32.3 Å². The highest BCUT2D eigenvalue weighted by Gasteiger charge is 2.47. The van der Waals surface area contributed by atoms with Crippen LogP contribution in [-0.2, 0) is 17.3 Å². The third-order valence-corrected chi connectivity index (χ3v) is 14.3. The van der Waals surface area contributed by atoms with Gasteiger partial charge in [-0.2, -0.15) is 0 Å². The Bertz CT molecular complexity index is 1310. The lowest BCUT2D eigenvalue weighted by Gasteiger charge is -2.47. The van der Waals surface area contributed by atoms with Gasteiger partial charge in [0.15, 0.2) is 8.45 Å². The Balaban J connectivity index is 1.49. The van der Waals surface area contributed by atoms with Gasteiger partial charge in [0.1, 0.15) is 0 Å². The molecule has 200 valence electrons. The van der Waals surface area contributed by atoms with E-state index < -0.39 is 16.8 Å². The van der Waals surface area contributed by atoms with Crippen molar-refractivity contribution in [1.29, 1.82) is 0 Å². The van der Waals surface area contributed by atoms with Crippen molar-refractivity contribution in [2.45, 2.75) is 19.5 Å². The molecule has 6 rings (SSSR count). The molecule has 5 heteroatoms. The van der Waals surface area contributed by atoms with Gasteiger partial charge in [-0.1, -0.05) is 152 Å². The molecule has 0 radical (unpaired) electrons. The smallest absolute Gasteiger partial charge is 0.295 e. The van der Waals surface area contributed by atoms with Crippen molar-refractivity contribution in [3.05, 3.63) is 163 Å². The predicted octanol–water partition coefficient (Wildman–Crippen LogP) is 6.31. The Morgan fingerprint density at radius 1 is 0.475 bits per heavy atom. The molecule has 0 unspecified atom stereocenters. The number of hydrogen-bond donors (Lipinski definition) is 0. The van der Waals surface area contributed by atoms with Crippen LogP contribution in [0.5, 0.6) is 0 Å². The number of hydrogen-bond acceptors (Lipinski definition) is 3. The average Bonchev–Trinajstić information content (AvgIpc) is 3.03. The molecule has 1 heterocycles. The Hall–Kier alpha value is -3.37. The van der Waals surface area contributed by atoms with Crippen LogP contribution in [0.2, 0.25) is 0 Å². The molecule has 1 saturated heterocycles. The first-order valence-electron chi connectivity index (χ1n) is 14.1. The van der Waals surface area contributed by atoms with E-state index in [1.807, 2.05) is 0 Å². The monoisotopic (exact) mass is 558 g/mol. The quantitative estimate of drug-likeness (QED) is 0.120. The zero-order valence-electron chi connectivity index (χ0n) is 22.7. The first-order chi connectivity index (χ1) is 19.8. The van der Waals surface area contributed by atoms with E-state index >= 15 is 0 Å². The first kappa shape index (κ1) is 26.8. The second-order valence-electron chi connectivity index (χ2n) is 10.2. The molecular formula is C35H35N2OPSi. The van der Waals surface area contributed by atoms with E-state index in [4.69, 9.17) is 4.21 Å².